The van der Waals surface area contributed by atoms with Crippen LogP contribution in [0.3, 0.4) is 0 Å². The number of carbonyl (C=O) groups excluding carboxylic acids is 1. The number of hydrogen-bond donors (Lipinski definition) is 0. The summed E-state index contributed by atoms with van der Waals surface area (Å²) >= 11 is 0. The maximum atomic E-state index is 12.3. The van der Waals surface area contributed by atoms with E-state index in [0.29, 0.717) is 25.4 Å². The van der Waals surface area contributed by atoms with E-state index in [9.17, 15) is 4.79 Å². The molecule has 4 heteroatoms. The van der Waals surface area contributed by atoms with Crippen LogP contribution in [0.5, 0.6) is 11.5 Å². The molecule has 114 valence electrons. The minimum absolute atomic E-state index is 0.191. The lowest BCUT2D eigenvalue weighted by Gasteiger charge is -2.25. The Bertz CT molecular complexity index is 495. The number of ether oxygens (including phenoxy) is 2. The van der Waals surface area contributed by atoms with Crippen molar-refractivity contribution < 1.29 is 14.3 Å². The molecule has 0 spiro atoms. The molecule has 0 N–H and O–H groups in total. The number of Topliss-reactive ketones (excluding diaryl/α,β-unsaturated/α-hetero) is 1. The predicted molar refractivity (Wildman–Crippen MR) is 81.3 cm³/mol. The average molecular weight is 289 g/mol. The molecule has 1 saturated heterocycles. The van der Waals surface area contributed by atoms with Gasteiger partial charge in [0.25, 0.3) is 0 Å². The second-order valence-electron chi connectivity index (χ2n) is 5.79. The van der Waals surface area contributed by atoms with Gasteiger partial charge in [-0.25, -0.2) is 0 Å². The minimum Gasteiger partial charge on any atom is -0.490 e. The third kappa shape index (κ3) is 3.76. The quantitative estimate of drug-likeness (QED) is 0.799. The number of benzene rings is 1. The maximum Gasteiger partial charge on any atom is 0.164 e. The van der Waals surface area contributed by atoms with E-state index in [0.717, 1.165) is 37.4 Å². The summed E-state index contributed by atoms with van der Waals surface area (Å²) in [5, 5.41) is 0. The van der Waals surface area contributed by atoms with Crippen LogP contribution < -0.4 is 9.47 Å². The van der Waals surface area contributed by atoms with Crippen molar-refractivity contribution >= 4 is 5.78 Å². The van der Waals surface area contributed by atoms with E-state index >= 15 is 0 Å². The fourth-order valence-electron chi connectivity index (χ4n) is 2.92. The second kappa shape index (κ2) is 6.94. The van der Waals surface area contributed by atoms with Crippen molar-refractivity contribution in [2.75, 3.05) is 32.8 Å². The van der Waals surface area contributed by atoms with Crippen LogP contribution in [-0.2, 0) is 0 Å². The monoisotopic (exact) mass is 289 g/mol. The van der Waals surface area contributed by atoms with Crippen molar-refractivity contribution in [2.24, 2.45) is 0 Å². The second-order valence-corrected chi connectivity index (χ2v) is 5.79. The van der Waals surface area contributed by atoms with Gasteiger partial charge in [-0.15, -0.1) is 0 Å². The van der Waals surface area contributed by atoms with E-state index in [-0.39, 0.29) is 5.78 Å². The van der Waals surface area contributed by atoms with E-state index in [2.05, 4.69) is 4.90 Å². The molecule has 3 rings (SSSR count). The fourth-order valence-corrected chi connectivity index (χ4v) is 2.92. The first kappa shape index (κ1) is 14.4. The number of piperidine rings is 1. The van der Waals surface area contributed by atoms with Gasteiger partial charge in [0.15, 0.2) is 17.3 Å². The highest BCUT2D eigenvalue weighted by Gasteiger charge is 2.16. The van der Waals surface area contributed by atoms with E-state index in [1.165, 1.54) is 19.3 Å². The van der Waals surface area contributed by atoms with Gasteiger partial charge in [0.2, 0.25) is 0 Å². The van der Waals surface area contributed by atoms with Crippen LogP contribution in [-0.4, -0.2) is 43.5 Å². The maximum absolute atomic E-state index is 12.3. The molecular formula is C17H23NO3. The molecule has 0 atom stereocenters. The third-order valence-electron chi connectivity index (χ3n) is 4.17. The summed E-state index contributed by atoms with van der Waals surface area (Å²) < 4.78 is 11.2. The first-order valence-electron chi connectivity index (χ1n) is 7.98. The third-order valence-corrected chi connectivity index (χ3v) is 4.17. The molecule has 0 radical (unpaired) electrons. The number of ketones is 1. The van der Waals surface area contributed by atoms with E-state index in [1.54, 1.807) is 0 Å². The Morgan fingerprint density at radius 3 is 2.57 bits per heavy atom. The van der Waals surface area contributed by atoms with Crippen LogP contribution in [0.15, 0.2) is 18.2 Å². The molecule has 2 aliphatic rings. The Morgan fingerprint density at radius 1 is 1.00 bits per heavy atom. The van der Waals surface area contributed by atoms with Gasteiger partial charge in [-0.2, -0.15) is 0 Å². The summed E-state index contributed by atoms with van der Waals surface area (Å²) in [5.41, 5.74) is 0.733. The summed E-state index contributed by atoms with van der Waals surface area (Å²) in [4.78, 5) is 14.7. The molecule has 4 nitrogen and oxygen atoms in total. The Morgan fingerprint density at radius 2 is 1.76 bits per heavy atom. The SMILES string of the molecule is O=C(CCN1CCCCC1)c1ccc2c(c1)OCCCO2. The van der Waals surface area contributed by atoms with Gasteiger partial charge >= 0.3 is 0 Å². The van der Waals surface area contributed by atoms with Gasteiger partial charge < -0.3 is 14.4 Å². The van der Waals surface area contributed by atoms with Gasteiger partial charge in [0, 0.05) is 24.9 Å². The molecular weight excluding hydrogens is 266 g/mol. The molecule has 1 aromatic carbocycles. The molecule has 0 saturated carbocycles. The first-order valence-corrected chi connectivity index (χ1v) is 7.98. The van der Waals surface area contributed by atoms with Crippen molar-refractivity contribution in [3.05, 3.63) is 23.8 Å². The number of nitrogens with zero attached hydrogens (tertiary/aromatic N) is 1. The number of likely N-dealkylation sites (tertiary alicyclic amines) is 1. The van der Waals surface area contributed by atoms with E-state index in [1.807, 2.05) is 18.2 Å². The van der Waals surface area contributed by atoms with Crippen molar-refractivity contribution in [2.45, 2.75) is 32.1 Å². The van der Waals surface area contributed by atoms with Crippen LogP contribution in [0.1, 0.15) is 42.5 Å². The smallest absolute Gasteiger partial charge is 0.164 e. The average Bonchev–Trinajstić information content (AvgIpc) is 2.78. The lowest BCUT2D eigenvalue weighted by molar-refractivity contribution is 0.0958. The Hall–Kier alpha value is -1.55. The van der Waals surface area contributed by atoms with Crippen LogP contribution >= 0.6 is 0 Å². The minimum atomic E-state index is 0.191. The Kier molecular flexibility index (Phi) is 4.76. The Labute approximate surface area is 126 Å². The number of hydrogen-bond acceptors (Lipinski definition) is 4. The van der Waals surface area contributed by atoms with Crippen LogP contribution in [0.25, 0.3) is 0 Å². The largest absolute Gasteiger partial charge is 0.490 e. The molecule has 0 amide bonds. The zero-order valence-corrected chi connectivity index (χ0v) is 12.5. The summed E-state index contributed by atoms with van der Waals surface area (Å²) in [6.07, 6.45) is 5.32. The van der Waals surface area contributed by atoms with Gasteiger partial charge in [-0.3, -0.25) is 4.79 Å². The summed E-state index contributed by atoms with van der Waals surface area (Å²) in [7, 11) is 0. The number of fused-ring (bicyclic) bond motifs is 1. The number of carbonyl (C=O) groups is 1. The van der Waals surface area contributed by atoms with E-state index < -0.39 is 0 Å². The molecule has 0 aromatic heterocycles. The van der Waals surface area contributed by atoms with Crippen molar-refractivity contribution in [1.82, 2.24) is 4.90 Å². The number of rotatable bonds is 4. The first-order chi connectivity index (χ1) is 10.3. The van der Waals surface area contributed by atoms with Crippen LogP contribution in [0.2, 0.25) is 0 Å². The van der Waals surface area contributed by atoms with Crippen molar-refractivity contribution in [1.29, 1.82) is 0 Å². The summed E-state index contributed by atoms with van der Waals surface area (Å²) in [6.45, 7) is 4.46. The molecule has 0 unspecified atom stereocenters. The predicted octanol–water partition coefficient (Wildman–Crippen LogP) is 2.91. The lowest BCUT2D eigenvalue weighted by Crippen LogP contribution is -2.31. The molecule has 0 bridgehead atoms. The Balaban J connectivity index is 1.60. The standard InChI is InChI=1S/C17H23NO3/c19-15(7-10-18-8-2-1-3-9-18)14-5-6-16-17(13-14)21-12-4-11-20-16/h5-6,13H,1-4,7-12H2. The normalized spacial score (nSPS) is 19.0. The van der Waals surface area contributed by atoms with E-state index in [4.69, 9.17) is 9.47 Å². The van der Waals surface area contributed by atoms with Gasteiger partial charge in [-0.05, 0) is 44.1 Å². The van der Waals surface area contributed by atoms with Crippen LogP contribution in [0, 0.1) is 0 Å². The molecule has 1 fully saturated rings. The fraction of sp³-hybridized carbons (Fsp3) is 0.588. The molecule has 2 heterocycles. The topological polar surface area (TPSA) is 38.8 Å². The summed E-state index contributed by atoms with van der Waals surface area (Å²) in [5.74, 6) is 1.65. The van der Waals surface area contributed by atoms with Gasteiger partial charge in [0.05, 0.1) is 13.2 Å². The highest BCUT2D eigenvalue weighted by atomic mass is 16.5. The van der Waals surface area contributed by atoms with Crippen molar-refractivity contribution in [3.8, 4) is 11.5 Å². The zero-order valence-electron chi connectivity index (χ0n) is 12.5. The van der Waals surface area contributed by atoms with Crippen molar-refractivity contribution in [3.63, 3.8) is 0 Å². The molecule has 2 aliphatic heterocycles. The molecule has 1 aromatic rings. The van der Waals surface area contributed by atoms with Gasteiger partial charge in [0.1, 0.15) is 0 Å². The highest BCUT2D eigenvalue weighted by Crippen LogP contribution is 2.30. The molecule has 21 heavy (non-hydrogen) atoms. The molecule has 0 aliphatic carbocycles. The van der Waals surface area contributed by atoms with Gasteiger partial charge in [-0.1, -0.05) is 6.42 Å². The van der Waals surface area contributed by atoms with Crippen LogP contribution in [0.4, 0.5) is 0 Å². The zero-order chi connectivity index (χ0) is 14.5. The summed E-state index contributed by atoms with van der Waals surface area (Å²) in [6, 6.07) is 5.54. The highest BCUT2D eigenvalue weighted by molar-refractivity contribution is 5.96. The lowest BCUT2D eigenvalue weighted by atomic mass is 10.1.